The fourth-order valence-electron chi connectivity index (χ4n) is 2.08. The Kier molecular flexibility index (Phi) is 3.19. The maximum absolute atomic E-state index is 10.5. The molecule has 0 aliphatic carbocycles. The zero-order valence-corrected chi connectivity index (χ0v) is 10.9. The Balaban J connectivity index is 1.88. The minimum absolute atomic E-state index is 0.681. The number of carboxylic acids is 1. The summed E-state index contributed by atoms with van der Waals surface area (Å²) in [4.78, 5) is 12.6. The quantitative estimate of drug-likeness (QED) is 0.869. The molecule has 0 saturated carbocycles. The van der Waals surface area contributed by atoms with Crippen LogP contribution in [0, 0.1) is 0 Å². The first-order valence-corrected chi connectivity index (χ1v) is 6.75. The van der Waals surface area contributed by atoms with Crippen LogP contribution in [0.2, 0.25) is 0 Å². The molecule has 3 nitrogen and oxygen atoms in total. The number of hydrogen-bond donors (Lipinski definition) is 1. The highest BCUT2D eigenvalue weighted by Crippen LogP contribution is 2.32. The molecule has 4 heteroatoms. The minimum Gasteiger partial charge on any atom is -0.478 e. The lowest BCUT2D eigenvalue weighted by atomic mass is 10.1. The van der Waals surface area contributed by atoms with E-state index in [-0.39, 0.29) is 0 Å². The molecular formula is C15H12O3S. The molecular weight excluding hydrogens is 260 g/mol. The lowest BCUT2D eigenvalue weighted by molar-refractivity contribution is -0.131. The number of aliphatic carboxylic acids is 1. The summed E-state index contributed by atoms with van der Waals surface area (Å²) in [5.41, 5.74) is 3.66. The fraction of sp³-hybridized carbons (Fsp3) is 0.133. The third kappa shape index (κ3) is 2.59. The van der Waals surface area contributed by atoms with Gasteiger partial charge >= 0.3 is 5.97 Å². The van der Waals surface area contributed by atoms with E-state index in [1.54, 1.807) is 17.4 Å². The first-order chi connectivity index (χ1) is 9.22. The third-order valence-corrected chi connectivity index (χ3v) is 4.12. The summed E-state index contributed by atoms with van der Waals surface area (Å²) in [6.07, 6.45) is 2.78. The van der Waals surface area contributed by atoms with Crippen molar-refractivity contribution in [3.63, 3.8) is 0 Å². The largest absolute Gasteiger partial charge is 0.478 e. The maximum atomic E-state index is 10.5. The van der Waals surface area contributed by atoms with Crippen LogP contribution < -0.4 is 0 Å². The molecule has 0 saturated heterocycles. The molecule has 19 heavy (non-hydrogen) atoms. The van der Waals surface area contributed by atoms with Crippen molar-refractivity contribution in [3.8, 4) is 10.4 Å². The van der Waals surface area contributed by atoms with Gasteiger partial charge in [0.25, 0.3) is 0 Å². The Bertz CT molecular complexity index is 655. The van der Waals surface area contributed by atoms with Gasteiger partial charge in [-0.25, -0.2) is 4.79 Å². The number of carbonyl (C=O) groups is 1. The van der Waals surface area contributed by atoms with Crippen LogP contribution in [0.15, 0.2) is 36.4 Å². The molecule has 0 bridgehead atoms. The first-order valence-electron chi connectivity index (χ1n) is 5.93. The molecule has 2 aromatic rings. The molecule has 1 aromatic carbocycles. The molecule has 0 unspecified atom stereocenters. The Morgan fingerprint density at radius 2 is 2.05 bits per heavy atom. The molecule has 0 radical (unpaired) electrons. The Hall–Kier alpha value is -1.91. The lowest BCUT2D eigenvalue weighted by Crippen LogP contribution is -1.84. The predicted octanol–water partition coefficient (Wildman–Crippen LogP) is 3.54. The van der Waals surface area contributed by atoms with E-state index in [2.05, 4.69) is 18.2 Å². The summed E-state index contributed by atoms with van der Waals surface area (Å²) in [6.45, 7) is 1.38. The van der Waals surface area contributed by atoms with Crippen LogP contribution in [0.25, 0.3) is 16.5 Å². The summed E-state index contributed by atoms with van der Waals surface area (Å²) < 4.78 is 5.40. The predicted molar refractivity (Wildman–Crippen MR) is 74.9 cm³/mol. The van der Waals surface area contributed by atoms with E-state index >= 15 is 0 Å². The van der Waals surface area contributed by atoms with Gasteiger partial charge in [-0.3, -0.25) is 0 Å². The van der Waals surface area contributed by atoms with Gasteiger partial charge in [0, 0.05) is 15.8 Å². The van der Waals surface area contributed by atoms with Crippen LogP contribution in [-0.4, -0.2) is 11.1 Å². The van der Waals surface area contributed by atoms with E-state index in [1.165, 1.54) is 11.1 Å². The molecule has 1 aliphatic rings. The first kappa shape index (κ1) is 12.1. The average Bonchev–Trinajstić information content (AvgIpc) is 3.04. The standard InChI is InChI=1S/C15H12O3S/c16-15(17)6-4-13-3-5-14(19-13)10-1-2-11-8-18-9-12(11)7-10/h1-7H,8-9H2,(H,16,17)/b6-4+. The van der Waals surface area contributed by atoms with Crippen molar-refractivity contribution in [3.05, 3.63) is 52.4 Å². The van der Waals surface area contributed by atoms with Crippen LogP contribution in [-0.2, 0) is 22.7 Å². The van der Waals surface area contributed by atoms with Crippen molar-refractivity contribution in [1.29, 1.82) is 0 Å². The highest BCUT2D eigenvalue weighted by molar-refractivity contribution is 7.16. The van der Waals surface area contributed by atoms with E-state index in [0.29, 0.717) is 13.2 Å². The van der Waals surface area contributed by atoms with Crippen molar-refractivity contribution in [2.24, 2.45) is 0 Å². The van der Waals surface area contributed by atoms with Crippen molar-refractivity contribution in [1.82, 2.24) is 0 Å². The molecule has 3 rings (SSSR count). The molecule has 0 fully saturated rings. The summed E-state index contributed by atoms with van der Waals surface area (Å²) >= 11 is 1.58. The average molecular weight is 272 g/mol. The van der Waals surface area contributed by atoms with Crippen molar-refractivity contribution in [2.45, 2.75) is 13.2 Å². The zero-order valence-electron chi connectivity index (χ0n) is 10.1. The molecule has 0 amide bonds. The van der Waals surface area contributed by atoms with Crippen LogP contribution >= 0.6 is 11.3 Å². The number of fused-ring (bicyclic) bond motifs is 1. The number of ether oxygens (including phenoxy) is 1. The van der Waals surface area contributed by atoms with Crippen molar-refractivity contribution < 1.29 is 14.6 Å². The number of carboxylic acid groups (broad SMARTS) is 1. The van der Waals surface area contributed by atoms with Crippen LogP contribution in [0.5, 0.6) is 0 Å². The van der Waals surface area contributed by atoms with Crippen LogP contribution in [0.1, 0.15) is 16.0 Å². The highest BCUT2D eigenvalue weighted by Gasteiger charge is 2.12. The minimum atomic E-state index is -0.926. The SMILES string of the molecule is O=C(O)/C=C/c1ccc(-c2ccc3c(c2)COC3)s1. The van der Waals surface area contributed by atoms with Crippen LogP contribution in [0.3, 0.4) is 0 Å². The van der Waals surface area contributed by atoms with Gasteiger partial charge in [-0.2, -0.15) is 0 Å². The van der Waals surface area contributed by atoms with Gasteiger partial charge in [0.2, 0.25) is 0 Å². The normalized spacial score (nSPS) is 13.9. The van der Waals surface area contributed by atoms with E-state index in [9.17, 15) is 4.79 Å². The Morgan fingerprint density at radius 1 is 1.21 bits per heavy atom. The number of rotatable bonds is 3. The van der Waals surface area contributed by atoms with Gasteiger partial charge in [-0.1, -0.05) is 12.1 Å². The second-order valence-electron chi connectivity index (χ2n) is 4.35. The molecule has 1 aromatic heterocycles. The summed E-state index contributed by atoms with van der Waals surface area (Å²) in [5.74, 6) is -0.926. The van der Waals surface area contributed by atoms with Gasteiger partial charge < -0.3 is 9.84 Å². The maximum Gasteiger partial charge on any atom is 0.328 e. The summed E-state index contributed by atoms with van der Waals surface area (Å²) in [6, 6.07) is 10.3. The molecule has 1 aliphatic heterocycles. The Morgan fingerprint density at radius 3 is 2.89 bits per heavy atom. The number of thiophene rings is 1. The zero-order chi connectivity index (χ0) is 13.2. The second kappa shape index (κ2) is 4.99. The summed E-state index contributed by atoms with van der Waals surface area (Å²) in [7, 11) is 0. The van der Waals surface area contributed by atoms with Gasteiger partial charge in [0.15, 0.2) is 0 Å². The van der Waals surface area contributed by atoms with Crippen LogP contribution in [0.4, 0.5) is 0 Å². The van der Waals surface area contributed by atoms with E-state index in [4.69, 9.17) is 9.84 Å². The smallest absolute Gasteiger partial charge is 0.328 e. The van der Waals surface area contributed by atoms with Gasteiger partial charge in [-0.05, 0) is 41.0 Å². The van der Waals surface area contributed by atoms with Gasteiger partial charge in [0.05, 0.1) is 13.2 Å². The second-order valence-corrected chi connectivity index (χ2v) is 5.47. The van der Waals surface area contributed by atoms with E-state index in [0.717, 1.165) is 21.4 Å². The fourth-order valence-corrected chi connectivity index (χ4v) is 2.98. The Labute approximate surface area is 114 Å². The summed E-state index contributed by atoms with van der Waals surface area (Å²) in [5, 5.41) is 8.61. The monoisotopic (exact) mass is 272 g/mol. The molecule has 96 valence electrons. The van der Waals surface area contributed by atoms with Crippen molar-refractivity contribution in [2.75, 3.05) is 0 Å². The third-order valence-electron chi connectivity index (χ3n) is 3.02. The molecule has 0 spiro atoms. The lowest BCUT2D eigenvalue weighted by Gasteiger charge is -2.00. The van der Waals surface area contributed by atoms with E-state index in [1.807, 2.05) is 12.1 Å². The van der Waals surface area contributed by atoms with E-state index < -0.39 is 5.97 Å². The number of benzene rings is 1. The van der Waals surface area contributed by atoms with Gasteiger partial charge in [-0.15, -0.1) is 11.3 Å². The molecule has 2 heterocycles. The highest BCUT2D eigenvalue weighted by atomic mass is 32.1. The number of hydrogen-bond acceptors (Lipinski definition) is 3. The molecule has 1 N–H and O–H groups in total. The van der Waals surface area contributed by atoms with Crippen molar-refractivity contribution >= 4 is 23.4 Å². The molecule has 0 atom stereocenters. The van der Waals surface area contributed by atoms with Gasteiger partial charge in [0.1, 0.15) is 0 Å². The topological polar surface area (TPSA) is 46.5 Å².